The molecule has 3 heterocycles. The molecule has 5 rings (SSSR count). The number of H-pyrrole nitrogens is 1. The van der Waals surface area contributed by atoms with Gasteiger partial charge in [-0.25, -0.2) is 9.97 Å². The Labute approximate surface area is 191 Å². The maximum Gasteiger partial charge on any atom is 0.213 e. The summed E-state index contributed by atoms with van der Waals surface area (Å²) in [6.07, 6.45) is 7.90. The number of imidazole rings is 1. The molecule has 1 aliphatic carbocycles. The van der Waals surface area contributed by atoms with Crippen LogP contribution in [0.25, 0.3) is 33.9 Å². The minimum atomic E-state index is 0.520. The Kier molecular flexibility index (Phi) is 5.53. The zero-order valence-electron chi connectivity index (χ0n) is 17.9. The van der Waals surface area contributed by atoms with Crippen molar-refractivity contribution in [2.24, 2.45) is 5.92 Å². The summed E-state index contributed by atoms with van der Waals surface area (Å²) >= 11 is 6.60. The van der Waals surface area contributed by atoms with Gasteiger partial charge in [0.1, 0.15) is 11.4 Å². The number of ether oxygens (including phenoxy) is 2. The Morgan fingerprint density at radius 3 is 2.50 bits per heavy atom. The second-order valence-electron chi connectivity index (χ2n) is 8.02. The van der Waals surface area contributed by atoms with Crippen molar-refractivity contribution in [1.29, 1.82) is 0 Å². The van der Waals surface area contributed by atoms with Crippen LogP contribution in [-0.2, 0) is 0 Å². The van der Waals surface area contributed by atoms with Gasteiger partial charge in [-0.1, -0.05) is 11.6 Å². The smallest absolute Gasteiger partial charge is 0.213 e. The van der Waals surface area contributed by atoms with Gasteiger partial charge in [-0.15, -0.1) is 0 Å². The number of aryl methyl sites for hydroxylation is 1. The first-order chi connectivity index (χ1) is 15.6. The molecule has 7 heteroatoms. The number of nitrogens with one attached hydrogen (secondary N) is 1. The quantitative estimate of drug-likeness (QED) is 0.379. The van der Waals surface area contributed by atoms with E-state index in [1.165, 1.54) is 12.8 Å². The van der Waals surface area contributed by atoms with E-state index in [4.69, 9.17) is 21.1 Å². The lowest BCUT2D eigenvalue weighted by molar-refractivity contribution is 0.288. The zero-order chi connectivity index (χ0) is 22.1. The minimum Gasteiger partial charge on any atom is -0.497 e. The first-order valence-corrected chi connectivity index (χ1v) is 10.9. The van der Waals surface area contributed by atoms with Gasteiger partial charge in [0, 0.05) is 29.6 Å². The van der Waals surface area contributed by atoms with Gasteiger partial charge in [0.05, 0.1) is 30.6 Å². The summed E-state index contributed by atoms with van der Waals surface area (Å²) in [6.45, 7) is 2.78. The molecule has 0 radical (unpaired) electrons. The number of nitrogens with zero attached hydrogens (tertiary/aromatic N) is 3. The van der Waals surface area contributed by atoms with Crippen LogP contribution in [0.4, 0.5) is 0 Å². The van der Waals surface area contributed by atoms with Crippen LogP contribution in [0.3, 0.4) is 0 Å². The van der Waals surface area contributed by atoms with Crippen LogP contribution in [0.1, 0.15) is 18.4 Å². The topological polar surface area (TPSA) is 72.9 Å². The Morgan fingerprint density at radius 1 is 1.00 bits per heavy atom. The monoisotopic (exact) mass is 446 g/mol. The highest BCUT2D eigenvalue weighted by Gasteiger charge is 2.22. The van der Waals surface area contributed by atoms with E-state index in [1.54, 1.807) is 19.5 Å². The first-order valence-electron chi connectivity index (χ1n) is 10.6. The third-order valence-corrected chi connectivity index (χ3v) is 5.89. The molecule has 162 valence electrons. The highest BCUT2D eigenvalue weighted by atomic mass is 35.5. The molecule has 4 aromatic rings. The van der Waals surface area contributed by atoms with Gasteiger partial charge in [-0.05, 0) is 67.1 Å². The lowest BCUT2D eigenvalue weighted by atomic mass is 10.0. The van der Waals surface area contributed by atoms with Gasteiger partial charge in [-0.3, -0.25) is 4.98 Å². The molecule has 1 saturated carbocycles. The molecule has 0 amide bonds. The van der Waals surface area contributed by atoms with Gasteiger partial charge in [0.25, 0.3) is 0 Å². The number of halogens is 1. The molecule has 3 aromatic heterocycles. The van der Waals surface area contributed by atoms with E-state index in [2.05, 4.69) is 19.9 Å². The van der Waals surface area contributed by atoms with Crippen molar-refractivity contribution in [3.8, 4) is 45.5 Å². The first kappa shape index (κ1) is 20.5. The summed E-state index contributed by atoms with van der Waals surface area (Å²) in [4.78, 5) is 16.8. The van der Waals surface area contributed by atoms with Gasteiger partial charge in [0.2, 0.25) is 5.88 Å². The van der Waals surface area contributed by atoms with Gasteiger partial charge in [-0.2, -0.15) is 0 Å². The van der Waals surface area contributed by atoms with Crippen molar-refractivity contribution in [2.75, 3.05) is 13.7 Å². The lowest BCUT2D eigenvalue weighted by Gasteiger charge is -2.10. The third kappa shape index (κ3) is 4.32. The van der Waals surface area contributed by atoms with E-state index >= 15 is 0 Å². The second kappa shape index (κ2) is 8.63. The molecule has 0 spiro atoms. The summed E-state index contributed by atoms with van der Waals surface area (Å²) in [7, 11) is 1.65. The lowest BCUT2D eigenvalue weighted by Crippen LogP contribution is -2.01. The van der Waals surface area contributed by atoms with Crippen LogP contribution in [0.5, 0.6) is 11.6 Å². The fraction of sp³-hybridized carbons (Fsp3) is 0.240. The molecule has 0 aliphatic heterocycles. The molecule has 32 heavy (non-hydrogen) atoms. The molecular formula is C25H23ClN4O2. The van der Waals surface area contributed by atoms with Crippen LogP contribution in [0.15, 0.2) is 55.0 Å². The van der Waals surface area contributed by atoms with E-state index in [-0.39, 0.29) is 0 Å². The number of benzene rings is 1. The predicted molar refractivity (Wildman–Crippen MR) is 125 cm³/mol. The second-order valence-corrected chi connectivity index (χ2v) is 8.43. The number of methoxy groups -OCH3 is 1. The largest absolute Gasteiger partial charge is 0.497 e. The molecule has 1 aliphatic rings. The van der Waals surface area contributed by atoms with Crippen LogP contribution in [-0.4, -0.2) is 33.7 Å². The van der Waals surface area contributed by atoms with E-state index in [9.17, 15) is 0 Å². The molecule has 0 saturated heterocycles. The average Bonchev–Trinajstić information content (AvgIpc) is 3.52. The highest BCUT2D eigenvalue weighted by Crippen LogP contribution is 2.33. The van der Waals surface area contributed by atoms with E-state index in [0.29, 0.717) is 28.3 Å². The molecule has 1 N–H and O–H groups in total. The van der Waals surface area contributed by atoms with Crippen molar-refractivity contribution in [3.63, 3.8) is 0 Å². The number of aromatic nitrogens is 4. The molecular weight excluding hydrogens is 424 g/mol. The van der Waals surface area contributed by atoms with Crippen molar-refractivity contribution < 1.29 is 9.47 Å². The van der Waals surface area contributed by atoms with Crippen LogP contribution >= 0.6 is 11.6 Å². The van der Waals surface area contributed by atoms with E-state index < -0.39 is 0 Å². The molecule has 0 unspecified atom stereocenters. The molecule has 6 nitrogen and oxygen atoms in total. The maximum atomic E-state index is 6.60. The fourth-order valence-electron chi connectivity index (χ4n) is 3.52. The van der Waals surface area contributed by atoms with Crippen LogP contribution in [0, 0.1) is 12.8 Å². The minimum absolute atomic E-state index is 0.520. The summed E-state index contributed by atoms with van der Waals surface area (Å²) < 4.78 is 11.0. The summed E-state index contributed by atoms with van der Waals surface area (Å²) in [5.74, 6) is 2.78. The molecule has 1 fully saturated rings. The normalized spacial score (nSPS) is 13.2. The van der Waals surface area contributed by atoms with Gasteiger partial charge < -0.3 is 14.5 Å². The van der Waals surface area contributed by atoms with E-state index in [1.807, 2.05) is 49.5 Å². The molecule has 1 aromatic carbocycles. The van der Waals surface area contributed by atoms with Crippen LogP contribution < -0.4 is 9.47 Å². The standard InChI is InChI=1S/C25H23ClN4O2/c1-15-9-23(32-14-16-3-4-16)27-12-20(15)18-10-21(26)24(28-11-18)25-29-13-22(30-25)17-5-7-19(31-2)8-6-17/h5-13,16H,3-4,14H2,1-2H3,(H,29,30). The average molecular weight is 447 g/mol. The molecule has 0 bridgehead atoms. The summed E-state index contributed by atoms with van der Waals surface area (Å²) in [6, 6.07) is 11.6. The Balaban J connectivity index is 1.37. The van der Waals surface area contributed by atoms with Crippen molar-refractivity contribution in [1.82, 2.24) is 19.9 Å². The van der Waals surface area contributed by atoms with E-state index in [0.717, 1.165) is 40.3 Å². The number of pyridine rings is 2. The third-order valence-electron chi connectivity index (χ3n) is 5.60. The van der Waals surface area contributed by atoms with Gasteiger partial charge >= 0.3 is 0 Å². The van der Waals surface area contributed by atoms with Gasteiger partial charge in [0.15, 0.2) is 5.82 Å². The Bertz CT molecular complexity index is 1250. The number of hydrogen-bond acceptors (Lipinski definition) is 5. The fourth-order valence-corrected chi connectivity index (χ4v) is 3.77. The predicted octanol–water partition coefficient (Wildman–Crippen LogP) is 5.96. The summed E-state index contributed by atoms with van der Waals surface area (Å²) in [5, 5.41) is 0.520. The Morgan fingerprint density at radius 2 is 1.81 bits per heavy atom. The zero-order valence-corrected chi connectivity index (χ0v) is 18.7. The van der Waals surface area contributed by atoms with Crippen molar-refractivity contribution >= 4 is 11.6 Å². The number of hydrogen-bond donors (Lipinski definition) is 1. The maximum absolute atomic E-state index is 6.60. The number of rotatable bonds is 7. The SMILES string of the molecule is COc1ccc(-c2cnc(-c3ncc(-c4cnc(OCC5CC5)cc4C)cc3Cl)[nH]2)cc1. The van der Waals surface area contributed by atoms with Crippen molar-refractivity contribution in [2.45, 2.75) is 19.8 Å². The van der Waals surface area contributed by atoms with Crippen molar-refractivity contribution in [3.05, 3.63) is 65.6 Å². The highest BCUT2D eigenvalue weighted by molar-refractivity contribution is 6.33. The molecule has 0 atom stereocenters. The number of aromatic amines is 1. The Hall–Kier alpha value is -3.38. The van der Waals surface area contributed by atoms with Crippen LogP contribution in [0.2, 0.25) is 5.02 Å². The summed E-state index contributed by atoms with van der Waals surface area (Å²) in [5.41, 5.74) is 5.43.